The van der Waals surface area contributed by atoms with Gasteiger partial charge < -0.3 is 21.5 Å². The third-order valence-corrected chi connectivity index (χ3v) is 3.69. The molecule has 2 unspecified atom stereocenters. The molecule has 1 aliphatic heterocycles. The van der Waals surface area contributed by atoms with E-state index < -0.39 is 17.4 Å². The van der Waals surface area contributed by atoms with Crippen LogP contribution in [0.5, 0.6) is 0 Å². The topological polar surface area (TPSA) is 104 Å². The number of aliphatic hydroxyl groups excluding tert-OH is 1. The van der Waals surface area contributed by atoms with Crippen molar-refractivity contribution in [2.24, 2.45) is 17.1 Å². The van der Waals surface area contributed by atoms with E-state index in [4.69, 9.17) is 5.73 Å². The second-order valence-corrected chi connectivity index (χ2v) is 5.39. The van der Waals surface area contributed by atoms with E-state index in [0.717, 1.165) is 25.9 Å². The smallest absolute Gasteiger partial charge is 0.248 e. The standard InChI is InChI=1S/C12H23N3O3/c1-12(2,8-4-3-5-14-6-8)11(18)15-7-9(16)10(13)17/h8-9,14,16H,3-7H2,1-2H3,(H2,13,17)(H,15,18). The molecule has 0 aromatic heterocycles. The number of carbonyl (C=O) groups is 2. The molecule has 1 aliphatic rings. The normalized spacial score (nSPS) is 22.3. The van der Waals surface area contributed by atoms with Crippen LogP contribution in [-0.2, 0) is 9.59 Å². The Morgan fingerprint density at radius 3 is 2.72 bits per heavy atom. The SMILES string of the molecule is CC(C)(C(=O)NCC(O)C(N)=O)C1CCCNC1. The van der Waals surface area contributed by atoms with Crippen LogP contribution in [0, 0.1) is 11.3 Å². The number of rotatable bonds is 5. The summed E-state index contributed by atoms with van der Waals surface area (Å²) in [5, 5.41) is 15.1. The molecule has 5 N–H and O–H groups in total. The molecule has 2 atom stereocenters. The maximum Gasteiger partial charge on any atom is 0.248 e. The Labute approximate surface area is 107 Å². The quantitative estimate of drug-likeness (QED) is 0.505. The molecule has 1 heterocycles. The van der Waals surface area contributed by atoms with Crippen LogP contribution in [0.15, 0.2) is 0 Å². The Morgan fingerprint density at radius 1 is 1.56 bits per heavy atom. The lowest BCUT2D eigenvalue weighted by Gasteiger charge is -2.36. The zero-order chi connectivity index (χ0) is 13.8. The first-order chi connectivity index (χ1) is 8.35. The summed E-state index contributed by atoms with van der Waals surface area (Å²) in [6, 6.07) is 0. The first-order valence-electron chi connectivity index (χ1n) is 6.32. The summed E-state index contributed by atoms with van der Waals surface area (Å²) in [6.07, 6.45) is 0.742. The summed E-state index contributed by atoms with van der Waals surface area (Å²) in [4.78, 5) is 22.8. The van der Waals surface area contributed by atoms with Crippen molar-refractivity contribution in [2.75, 3.05) is 19.6 Å². The van der Waals surface area contributed by atoms with Crippen molar-refractivity contribution in [3.05, 3.63) is 0 Å². The fraction of sp³-hybridized carbons (Fsp3) is 0.833. The number of primary amides is 1. The Kier molecular flexibility index (Phi) is 5.10. The fourth-order valence-corrected chi connectivity index (χ4v) is 2.17. The molecule has 1 rings (SSSR count). The van der Waals surface area contributed by atoms with Crippen LogP contribution in [0.2, 0.25) is 0 Å². The van der Waals surface area contributed by atoms with Crippen LogP contribution in [0.25, 0.3) is 0 Å². The minimum absolute atomic E-state index is 0.127. The summed E-state index contributed by atoms with van der Waals surface area (Å²) < 4.78 is 0. The molecule has 0 aliphatic carbocycles. The molecule has 0 spiro atoms. The number of hydrogen-bond donors (Lipinski definition) is 4. The lowest BCUT2D eigenvalue weighted by atomic mass is 9.74. The Morgan fingerprint density at radius 2 is 2.22 bits per heavy atom. The molecule has 6 heteroatoms. The van der Waals surface area contributed by atoms with E-state index in [2.05, 4.69) is 10.6 Å². The van der Waals surface area contributed by atoms with Crippen molar-refractivity contribution in [1.29, 1.82) is 0 Å². The molecule has 0 bridgehead atoms. The molecule has 104 valence electrons. The summed E-state index contributed by atoms with van der Waals surface area (Å²) in [6.45, 7) is 5.46. The van der Waals surface area contributed by atoms with E-state index in [-0.39, 0.29) is 18.4 Å². The second-order valence-electron chi connectivity index (χ2n) is 5.39. The molecule has 0 aromatic carbocycles. The van der Waals surface area contributed by atoms with E-state index in [9.17, 15) is 14.7 Å². The average molecular weight is 257 g/mol. The summed E-state index contributed by atoms with van der Waals surface area (Å²) in [7, 11) is 0. The minimum Gasteiger partial charge on any atom is -0.381 e. The van der Waals surface area contributed by atoms with Crippen molar-refractivity contribution in [2.45, 2.75) is 32.8 Å². The van der Waals surface area contributed by atoms with Gasteiger partial charge in [0.2, 0.25) is 11.8 Å². The molecular formula is C12H23N3O3. The van der Waals surface area contributed by atoms with E-state index >= 15 is 0 Å². The summed E-state index contributed by atoms with van der Waals surface area (Å²) in [5.41, 5.74) is 4.40. The van der Waals surface area contributed by atoms with E-state index in [0.29, 0.717) is 0 Å². The Hall–Kier alpha value is -1.14. The predicted octanol–water partition coefficient (Wildman–Crippen LogP) is -1.03. The van der Waals surface area contributed by atoms with Gasteiger partial charge in [0, 0.05) is 5.41 Å². The first kappa shape index (κ1) is 14.9. The summed E-state index contributed by atoms with van der Waals surface area (Å²) in [5.74, 6) is -0.721. The van der Waals surface area contributed by atoms with Crippen molar-refractivity contribution < 1.29 is 14.7 Å². The van der Waals surface area contributed by atoms with Gasteiger partial charge in [-0.25, -0.2) is 0 Å². The van der Waals surface area contributed by atoms with Gasteiger partial charge in [-0.1, -0.05) is 13.8 Å². The first-order valence-corrected chi connectivity index (χ1v) is 6.32. The van der Waals surface area contributed by atoms with Gasteiger partial charge in [0.05, 0.1) is 6.54 Å². The highest BCUT2D eigenvalue weighted by Gasteiger charge is 2.37. The van der Waals surface area contributed by atoms with Gasteiger partial charge in [-0.3, -0.25) is 9.59 Å². The van der Waals surface area contributed by atoms with Gasteiger partial charge in [0.1, 0.15) is 6.10 Å². The highest BCUT2D eigenvalue weighted by atomic mass is 16.3. The summed E-state index contributed by atoms with van der Waals surface area (Å²) >= 11 is 0. The minimum atomic E-state index is -1.32. The third kappa shape index (κ3) is 3.68. The van der Waals surface area contributed by atoms with E-state index in [1.807, 2.05) is 13.8 Å². The molecular weight excluding hydrogens is 234 g/mol. The van der Waals surface area contributed by atoms with Crippen LogP contribution < -0.4 is 16.4 Å². The second kappa shape index (κ2) is 6.15. The van der Waals surface area contributed by atoms with Crippen LogP contribution in [0.4, 0.5) is 0 Å². The lowest BCUT2D eigenvalue weighted by Crippen LogP contribution is -2.49. The van der Waals surface area contributed by atoms with Gasteiger partial charge in [0.25, 0.3) is 0 Å². The highest BCUT2D eigenvalue weighted by Crippen LogP contribution is 2.31. The van der Waals surface area contributed by atoms with Gasteiger partial charge in [0.15, 0.2) is 0 Å². The number of nitrogens with one attached hydrogen (secondary N) is 2. The number of piperidine rings is 1. The monoisotopic (exact) mass is 257 g/mol. The molecule has 6 nitrogen and oxygen atoms in total. The maximum absolute atomic E-state index is 12.1. The zero-order valence-electron chi connectivity index (χ0n) is 11.0. The van der Waals surface area contributed by atoms with Crippen molar-refractivity contribution in [3.63, 3.8) is 0 Å². The van der Waals surface area contributed by atoms with Crippen LogP contribution in [0.1, 0.15) is 26.7 Å². The van der Waals surface area contributed by atoms with Gasteiger partial charge in [-0.05, 0) is 31.8 Å². The van der Waals surface area contributed by atoms with Crippen molar-refractivity contribution >= 4 is 11.8 Å². The third-order valence-electron chi connectivity index (χ3n) is 3.69. The number of amides is 2. The van der Waals surface area contributed by atoms with Crippen molar-refractivity contribution in [3.8, 4) is 0 Å². The Bertz CT molecular complexity index is 312. The van der Waals surface area contributed by atoms with E-state index in [1.165, 1.54) is 0 Å². The molecule has 2 amide bonds. The largest absolute Gasteiger partial charge is 0.381 e. The number of hydrogen-bond acceptors (Lipinski definition) is 4. The number of nitrogens with two attached hydrogens (primary N) is 1. The van der Waals surface area contributed by atoms with Crippen LogP contribution in [0.3, 0.4) is 0 Å². The zero-order valence-corrected chi connectivity index (χ0v) is 11.0. The number of aliphatic hydroxyl groups is 1. The van der Waals surface area contributed by atoms with Crippen molar-refractivity contribution in [1.82, 2.24) is 10.6 Å². The predicted molar refractivity (Wildman–Crippen MR) is 67.6 cm³/mol. The fourth-order valence-electron chi connectivity index (χ4n) is 2.17. The molecule has 0 aromatic rings. The molecule has 18 heavy (non-hydrogen) atoms. The molecule has 1 saturated heterocycles. The maximum atomic E-state index is 12.1. The van der Waals surface area contributed by atoms with Gasteiger partial charge in [-0.15, -0.1) is 0 Å². The van der Waals surface area contributed by atoms with E-state index in [1.54, 1.807) is 0 Å². The average Bonchev–Trinajstić information content (AvgIpc) is 2.36. The van der Waals surface area contributed by atoms with Gasteiger partial charge >= 0.3 is 0 Å². The van der Waals surface area contributed by atoms with Crippen LogP contribution >= 0.6 is 0 Å². The molecule has 1 fully saturated rings. The van der Waals surface area contributed by atoms with Gasteiger partial charge in [-0.2, -0.15) is 0 Å². The number of carbonyl (C=O) groups excluding carboxylic acids is 2. The Balaban J connectivity index is 2.50. The molecule has 0 saturated carbocycles. The highest BCUT2D eigenvalue weighted by molar-refractivity contribution is 5.84. The molecule has 0 radical (unpaired) electrons. The lowest BCUT2D eigenvalue weighted by molar-refractivity contribution is -0.134. The van der Waals surface area contributed by atoms with Crippen LogP contribution in [-0.4, -0.2) is 42.7 Å².